The van der Waals surface area contributed by atoms with Gasteiger partial charge in [-0.05, 0) is 54.4 Å². The highest BCUT2D eigenvalue weighted by Crippen LogP contribution is 2.23. The SMILES string of the molecule is Cc1ccc(CNC(=S)Nc2ccc(C(C)(C)C)cc2)o1. The van der Waals surface area contributed by atoms with E-state index in [4.69, 9.17) is 16.6 Å². The molecule has 0 aliphatic carbocycles. The van der Waals surface area contributed by atoms with Crippen molar-refractivity contribution in [3.05, 3.63) is 53.5 Å². The maximum atomic E-state index is 5.49. The van der Waals surface area contributed by atoms with Crippen LogP contribution in [-0.2, 0) is 12.0 Å². The molecule has 0 radical (unpaired) electrons. The van der Waals surface area contributed by atoms with Crippen LogP contribution in [0, 0.1) is 6.92 Å². The van der Waals surface area contributed by atoms with Gasteiger partial charge < -0.3 is 15.1 Å². The van der Waals surface area contributed by atoms with Gasteiger partial charge in [-0.3, -0.25) is 0 Å². The number of nitrogens with one attached hydrogen (secondary N) is 2. The molecule has 1 heterocycles. The van der Waals surface area contributed by atoms with Gasteiger partial charge in [0.25, 0.3) is 0 Å². The third-order valence-corrected chi connectivity index (χ3v) is 3.47. The van der Waals surface area contributed by atoms with Gasteiger partial charge in [-0.1, -0.05) is 32.9 Å². The van der Waals surface area contributed by atoms with Crippen LogP contribution in [0.5, 0.6) is 0 Å². The topological polar surface area (TPSA) is 37.2 Å². The van der Waals surface area contributed by atoms with E-state index in [1.165, 1.54) is 5.56 Å². The van der Waals surface area contributed by atoms with Crippen LogP contribution in [-0.4, -0.2) is 5.11 Å². The third kappa shape index (κ3) is 4.60. The number of thiocarbonyl (C=S) groups is 1. The molecule has 0 saturated heterocycles. The summed E-state index contributed by atoms with van der Waals surface area (Å²) < 4.78 is 5.49. The van der Waals surface area contributed by atoms with Gasteiger partial charge in [0.1, 0.15) is 11.5 Å². The van der Waals surface area contributed by atoms with Crippen molar-refractivity contribution in [1.29, 1.82) is 0 Å². The summed E-state index contributed by atoms with van der Waals surface area (Å²) in [5, 5.41) is 6.90. The van der Waals surface area contributed by atoms with Gasteiger partial charge in [0, 0.05) is 5.69 Å². The van der Waals surface area contributed by atoms with Crippen molar-refractivity contribution in [2.75, 3.05) is 5.32 Å². The van der Waals surface area contributed by atoms with Crippen molar-refractivity contribution < 1.29 is 4.42 Å². The lowest BCUT2D eigenvalue weighted by Gasteiger charge is -2.19. The van der Waals surface area contributed by atoms with Gasteiger partial charge in [-0.15, -0.1) is 0 Å². The minimum Gasteiger partial charge on any atom is -0.465 e. The van der Waals surface area contributed by atoms with Crippen molar-refractivity contribution in [2.45, 2.75) is 39.7 Å². The normalized spacial score (nSPS) is 11.2. The van der Waals surface area contributed by atoms with Crippen LogP contribution in [0.4, 0.5) is 5.69 Å². The van der Waals surface area contributed by atoms with Crippen LogP contribution in [0.15, 0.2) is 40.8 Å². The first-order valence-corrected chi connectivity index (χ1v) is 7.46. The van der Waals surface area contributed by atoms with Crippen LogP contribution < -0.4 is 10.6 Å². The average Bonchev–Trinajstić information content (AvgIpc) is 2.82. The molecule has 0 amide bonds. The number of aryl methyl sites for hydroxylation is 1. The summed E-state index contributed by atoms with van der Waals surface area (Å²) in [6.45, 7) is 9.11. The van der Waals surface area contributed by atoms with E-state index in [0.717, 1.165) is 17.2 Å². The van der Waals surface area contributed by atoms with Gasteiger partial charge >= 0.3 is 0 Å². The molecule has 0 aliphatic rings. The lowest BCUT2D eigenvalue weighted by atomic mass is 9.87. The molecule has 2 N–H and O–H groups in total. The number of anilines is 1. The van der Waals surface area contributed by atoms with E-state index >= 15 is 0 Å². The molecule has 0 atom stereocenters. The van der Waals surface area contributed by atoms with E-state index in [0.29, 0.717) is 11.7 Å². The summed E-state index contributed by atoms with van der Waals surface area (Å²) >= 11 is 5.28. The second-order valence-electron chi connectivity index (χ2n) is 6.15. The third-order valence-electron chi connectivity index (χ3n) is 3.23. The Hall–Kier alpha value is -1.81. The molecule has 0 spiro atoms. The predicted molar refractivity (Wildman–Crippen MR) is 91.6 cm³/mol. The highest BCUT2D eigenvalue weighted by molar-refractivity contribution is 7.80. The molecule has 112 valence electrons. The molecule has 1 aromatic carbocycles. The standard InChI is InChI=1S/C17H22N2OS/c1-12-5-10-15(20-12)11-18-16(21)19-14-8-6-13(7-9-14)17(2,3)4/h5-10H,11H2,1-4H3,(H2,18,19,21). The van der Waals surface area contributed by atoms with Crippen molar-refractivity contribution in [3.8, 4) is 0 Å². The van der Waals surface area contributed by atoms with E-state index in [1.807, 2.05) is 31.2 Å². The van der Waals surface area contributed by atoms with Crippen LogP contribution in [0.1, 0.15) is 37.9 Å². The fourth-order valence-corrected chi connectivity index (χ4v) is 2.17. The minimum atomic E-state index is 0.161. The van der Waals surface area contributed by atoms with Gasteiger partial charge in [-0.2, -0.15) is 0 Å². The number of hydrogen-bond acceptors (Lipinski definition) is 2. The van der Waals surface area contributed by atoms with Gasteiger partial charge in [0.15, 0.2) is 5.11 Å². The Morgan fingerprint density at radius 1 is 1.10 bits per heavy atom. The Labute approximate surface area is 131 Å². The van der Waals surface area contributed by atoms with Gasteiger partial charge in [0.05, 0.1) is 6.54 Å². The molecule has 0 aliphatic heterocycles. The summed E-state index contributed by atoms with van der Waals surface area (Å²) in [4.78, 5) is 0. The smallest absolute Gasteiger partial charge is 0.171 e. The fourth-order valence-electron chi connectivity index (χ4n) is 1.98. The summed E-state index contributed by atoms with van der Waals surface area (Å²) in [5.41, 5.74) is 2.45. The van der Waals surface area contributed by atoms with Crippen molar-refractivity contribution in [2.24, 2.45) is 0 Å². The highest BCUT2D eigenvalue weighted by Gasteiger charge is 2.12. The molecular formula is C17H22N2OS. The van der Waals surface area contributed by atoms with Crippen molar-refractivity contribution >= 4 is 23.0 Å². The molecule has 1 aromatic heterocycles. The van der Waals surface area contributed by atoms with Crippen molar-refractivity contribution in [3.63, 3.8) is 0 Å². The van der Waals surface area contributed by atoms with Crippen LogP contribution in [0.3, 0.4) is 0 Å². The van der Waals surface area contributed by atoms with Crippen LogP contribution in [0.25, 0.3) is 0 Å². The first-order chi connectivity index (χ1) is 9.84. The molecular weight excluding hydrogens is 280 g/mol. The van der Waals surface area contributed by atoms with Crippen molar-refractivity contribution in [1.82, 2.24) is 5.32 Å². The summed E-state index contributed by atoms with van der Waals surface area (Å²) in [6.07, 6.45) is 0. The van der Waals surface area contributed by atoms with Crippen LogP contribution >= 0.6 is 12.2 Å². The Balaban J connectivity index is 1.88. The Morgan fingerprint density at radius 2 is 1.76 bits per heavy atom. The maximum absolute atomic E-state index is 5.49. The minimum absolute atomic E-state index is 0.161. The fraction of sp³-hybridized carbons (Fsp3) is 0.353. The molecule has 2 aromatic rings. The molecule has 0 bridgehead atoms. The number of benzene rings is 1. The van der Waals surface area contributed by atoms with E-state index in [1.54, 1.807) is 0 Å². The first-order valence-electron chi connectivity index (χ1n) is 7.05. The summed E-state index contributed by atoms with van der Waals surface area (Å²) in [7, 11) is 0. The molecule has 0 unspecified atom stereocenters. The maximum Gasteiger partial charge on any atom is 0.171 e. The highest BCUT2D eigenvalue weighted by atomic mass is 32.1. The second-order valence-corrected chi connectivity index (χ2v) is 6.56. The zero-order chi connectivity index (χ0) is 15.5. The van der Waals surface area contributed by atoms with Gasteiger partial charge in [0.2, 0.25) is 0 Å². The zero-order valence-electron chi connectivity index (χ0n) is 13.0. The largest absolute Gasteiger partial charge is 0.465 e. The van der Waals surface area contributed by atoms with E-state index in [2.05, 4.69) is 43.5 Å². The lowest BCUT2D eigenvalue weighted by molar-refractivity contribution is 0.478. The molecule has 21 heavy (non-hydrogen) atoms. The quantitative estimate of drug-likeness (QED) is 0.826. The van der Waals surface area contributed by atoms with Crippen LogP contribution in [0.2, 0.25) is 0 Å². The summed E-state index contributed by atoms with van der Waals surface area (Å²) in [5.74, 6) is 1.78. The monoisotopic (exact) mass is 302 g/mol. The Kier molecular flexibility index (Phi) is 4.68. The lowest BCUT2D eigenvalue weighted by Crippen LogP contribution is -2.27. The summed E-state index contributed by atoms with van der Waals surface area (Å²) in [6, 6.07) is 12.2. The number of rotatable bonds is 3. The molecule has 0 fully saturated rings. The van der Waals surface area contributed by atoms with E-state index in [-0.39, 0.29) is 5.41 Å². The zero-order valence-corrected chi connectivity index (χ0v) is 13.8. The Morgan fingerprint density at radius 3 is 2.29 bits per heavy atom. The Bertz CT molecular complexity index is 608. The number of furan rings is 1. The first kappa shape index (κ1) is 15.6. The molecule has 3 nitrogen and oxygen atoms in total. The molecule has 0 saturated carbocycles. The second kappa shape index (κ2) is 6.31. The average molecular weight is 302 g/mol. The van der Waals surface area contributed by atoms with Gasteiger partial charge in [-0.25, -0.2) is 0 Å². The molecule has 4 heteroatoms. The number of hydrogen-bond donors (Lipinski definition) is 2. The molecule has 2 rings (SSSR count). The predicted octanol–water partition coefficient (Wildman–Crippen LogP) is 4.37. The van der Waals surface area contributed by atoms with E-state index < -0.39 is 0 Å². The van der Waals surface area contributed by atoms with E-state index in [9.17, 15) is 0 Å².